The van der Waals surface area contributed by atoms with E-state index in [1.165, 1.54) is 18.4 Å². The summed E-state index contributed by atoms with van der Waals surface area (Å²) in [4.78, 5) is 37.3. The van der Waals surface area contributed by atoms with Gasteiger partial charge in [0.15, 0.2) is 5.69 Å². The number of hydrogen-bond donors (Lipinski definition) is 1. The first kappa shape index (κ1) is 25.1. The summed E-state index contributed by atoms with van der Waals surface area (Å²) in [6.07, 6.45) is 2.66. The third-order valence-corrected chi connectivity index (χ3v) is 6.65. The number of nitrogens with zero attached hydrogens (tertiary/aromatic N) is 7. The molecule has 0 radical (unpaired) electrons. The molecule has 11 nitrogen and oxygen atoms in total. The summed E-state index contributed by atoms with van der Waals surface area (Å²) >= 11 is 0. The van der Waals surface area contributed by atoms with Crippen LogP contribution in [0.25, 0.3) is 10.9 Å². The van der Waals surface area contributed by atoms with Gasteiger partial charge < -0.3 is 14.5 Å². The van der Waals surface area contributed by atoms with Gasteiger partial charge in [-0.2, -0.15) is 23.4 Å². The van der Waals surface area contributed by atoms with Crippen molar-refractivity contribution in [3.05, 3.63) is 40.2 Å². The van der Waals surface area contributed by atoms with Crippen molar-refractivity contribution in [2.75, 3.05) is 44.3 Å². The van der Waals surface area contributed by atoms with Crippen LogP contribution < -0.4 is 10.5 Å². The van der Waals surface area contributed by atoms with Crippen LogP contribution in [0.2, 0.25) is 0 Å². The molecule has 1 saturated carbocycles. The molecule has 0 spiro atoms. The number of aromatic nitrogens is 6. The van der Waals surface area contributed by atoms with Crippen LogP contribution in [-0.2, 0) is 15.7 Å². The molecular formula is C23H27F3N8O3. The lowest BCUT2D eigenvalue weighted by molar-refractivity contribution is -0.140. The minimum Gasteiger partial charge on any atom is -0.379 e. The van der Waals surface area contributed by atoms with E-state index < -0.39 is 28.9 Å². The van der Waals surface area contributed by atoms with E-state index in [0.29, 0.717) is 38.0 Å². The number of H-pyrrole nitrogens is 1. The molecule has 1 atom stereocenters. The van der Waals surface area contributed by atoms with Crippen LogP contribution in [0.15, 0.2) is 23.4 Å². The quantitative estimate of drug-likeness (QED) is 0.449. The van der Waals surface area contributed by atoms with E-state index in [1.807, 2.05) is 17.5 Å². The number of nitrogens with one attached hydrogen (secondary N) is 1. The van der Waals surface area contributed by atoms with Crippen LogP contribution in [0.1, 0.15) is 49.4 Å². The van der Waals surface area contributed by atoms with E-state index in [9.17, 15) is 22.8 Å². The highest BCUT2D eigenvalue weighted by molar-refractivity contribution is 5.80. The Morgan fingerprint density at radius 2 is 1.86 bits per heavy atom. The van der Waals surface area contributed by atoms with E-state index in [2.05, 4.69) is 25.1 Å². The van der Waals surface area contributed by atoms with Crippen LogP contribution in [-0.4, -0.2) is 80.1 Å². The number of carbonyl (C=O) groups excluding carboxylic acids is 1. The number of halogens is 3. The number of alkyl halides is 3. The molecule has 14 heteroatoms. The Morgan fingerprint density at radius 1 is 1.16 bits per heavy atom. The number of carbonyl (C=O) groups is 1. The van der Waals surface area contributed by atoms with Crippen molar-refractivity contribution in [1.82, 2.24) is 34.8 Å². The predicted octanol–water partition coefficient (Wildman–Crippen LogP) is 2.12. The first-order valence-electron chi connectivity index (χ1n) is 12.2. The van der Waals surface area contributed by atoms with Gasteiger partial charge in [0.1, 0.15) is 5.39 Å². The van der Waals surface area contributed by atoms with E-state index >= 15 is 0 Å². The number of rotatable bonds is 8. The van der Waals surface area contributed by atoms with E-state index in [4.69, 9.17) is 4.74 Å². The zero-order chi connectivity index (χ0) is 26.2. The Labute approximate surface area is 209 Å². The summed E-state index contributed by atoms with van der Waals surface area (Å²) in [5.74, 6) is 1.22. The van der Waals surface area contributed by atoms with Gasteiger partial charge in [-0.3, -0.25) is 14.3 Å². The average Bonchev–Trinajstić information content (AvgIpc) is 3.65. The third kappa shape index (κ3) is 5.43. The molecule has 0 aromatic carbocycles. The Hall–Kier alpha value is -3.55. The van der Waals surface area contributed by atoms with Gasteiger partial charge in [0.05, 0.1) is 37.4 Å². The molecule has 1 aliphatic heterocycles. The topological polar surface area (TPSA) is 122 Å². The van der Waals surface area contributed by atoms with Crippen molar-refractivity contribution in [3.63, 3.8) is 0 Å². The maximum absolute atomic E-state index is 13.4. The molecule has 2 fully saturated rings. The van der Waals surface area contributed by atoms with Gasteiger partial charge in [0.2, 0.25) is 11.9 Å². The lowest BCUT2D eigenvalue weighted by atomic mass is 10.2. The summed E-state index contributed by atoms with van der Waals surface area (Å²) < 4.78 is 46.8. The molecule has 0 bridgehead atoms. The summed E-state index contributed by atoms with van der Waals surface area (Å²) in [7, 11) is 0. The van der Waals surface area contributed by atoms with Crippen molar-refractivity contribution in [2.45, 2.75) is 44.3 Å². The largest absolute Gasteiger partial charge is 0.435 e. The monoisotopic (exact) mass is 520 g/mol. The second kappa shape index (κ2) is 10.1. The van der Waals surface area contributed by atoms with Gasteiger partial charge in [-0.15, -0.1) is 0 Å². The average molecular weight is 521 g/mol. The summed E-state index contributed by atoms with van der Waals surface area (Å²) in [6, 6.07) is -0.618. The van der Waals surface area contributed by atoms with E-state index in [1.54, 1.807) is 11.8 Å². The lowest BCUT2D eigenvalue weighted by Gasteiger charge is -2.34. The Kier molecular flexibility index (Phi) is 6.84. The molecule has 4 heterocycles. The maximum atomic E-state index is 13.4. The minimum absolute atomic E-state index is 0.0100. The number of anilines is 1. The summed E-state index contributed by atoms with van der Waals surface area (Å²) in [5.41, 5.74) is -1.08. The van der Waals surface area contributed by atoms with Gasteiger partial charge in [0.25, 0.3) is 5.56 Å². The molecule has 1 N–H and O–H groups in total. The fourth-order valence-corrected chi connectivity index (χ4v) is 4.46. The van der Waals surface area contributed by atoms with Crippen LogP contribution in [0.4, 0.5) is 19.1 Å². The molecule has 5 rings (SSSR count). The number of fused-ring (bicyclic) bond motifs is 1. The van der Waals surface area contributed by atoms with E-state index in [-0.39, 0.29) is 31.1 Å². The Balaban J connectivity index is 1.09. The summed E-state index contributed by atoms with van der Waals surface area (Å²) in [6.45, 7) is 4.10. The number of hydrogen-bond acceptors (Lipinski definition) is 8. The smallest absolute Gasteiger partial charge is 0.379 e. The normalized spacial score (nSPS) is 17.4. The minimum atomic E-state index is -4.79. The van der Waals surface area contributed by atoms with Crippen LogP contribution in [0, 0.1) is 0 Å². The van der Waals surface area contributed by atoms with Gasteiger partial charge >= 0.3 is 6.18 Å². The lowest BCUT2D eigenvalue weighted by Crippen LogP contribution is -2.49. The van der Waals surface area contributed by atoms with Gasteiger partial charge in [-0.25, -0.2) is 15.1 Å². The SMILES string of the molecule is CC(COCCC(=O)N1CCN(c2ncc(C3CC3)cn2)CC1)n1nc(C(F)(F)F)c2c(=O)[nH]ncc21. The van der Waals surface area contributed by atoms with Crippen molar-refractivity contribution < 1.29 is 22.7 Å². The van der Waals surface area contributed by atoms with Crippen LogP contribution in [0.5, 0.6) is 0 Å². The maximum Gasteiger partial charge on any atom is 0.435 e. The van der Waals surface area contributed by atoms with Crippen molar-refractivity contribution in [3.8, 4) is 0 Å². The van der Waals surface area contributed by atoms with Crippen LogP contribution in [0.3, 0.4) is 0 Å². The molecule has 1 amide bonds. The first-order valence-corrected chi connectivity index (χ1v) is 12.2. The molecule has 198 valence electrons. The van der Waals surface area contributed by atoms with Gasteiger partial charge in [0, 0.05) is 38.6 Å². The van der Waals surface area contributed by atoms with Gasteiger partial charge in [-0.1, -0.05) is 0 Å². The van der Waals surface area contributed by atoms with Crippen molar-refractivity contribution in [1.29, 1.82) is 0 Å². The standard InChI is InChI=1S/C23H27F3N8O3/c1-14(34-17-12-29-30-21(36)19(17)20(31-34)23(24,25)26)13-37-9-4-18(35)32-5-7-33(8-6-32)22-27-10-16(11-28-22)15-2-3-15/h10-12,14-15H,2-9,13H2,1H3,(H,30,36). The third-order valence-electron chi connectivity index (χ3n) is 6.65. The predicted molar refractivity (Wildman–Crippen MR) is 126 cm³/mol. The molecule has 1 aliphatic carbocycles. The fourth-order valence-electron chi connectivity index (χ4n) is 4.46. The second-order valence-corrected chi connectivity index (χ2v) is 9.38. The van der Waals surface area contributed by atoms with Crippen LogP contribution >= 0.6 is 0 Å². The van der Waals surface area contributed by atoms with Crippen molar-refractivity contribution in [2.24, 2.45) is 0 Å². The molecule has 1 unspecified atom stereocenters. The molecular weight excluding hydrogens is 493 g/mol. The first-order chi connectivity index (χ1) is 17.7. The highest BCUT2D eigenvalue weighted by Crippen LogP contribution is 2.39. The van der Waals surface area contributed by atoms with Crippen molar-refractivity contribution >= 4 is 22.8 Å². The zero-order valence-electron chi connectivity index (χ0n) is 20.2. The van der Waals surface area contributed by atoms with E-state index in [0.717, 1.165) is 10.9 Å². The highest BCUT2D eigenvalue weighted by Gasteiger charge is 2.38. The number of amides is 1. The van der Waals surface area contributed by atoms with Gasteiger partial charge in [-0.05, 0) is 31.2 Å². The molecule has 37 heavy (non-hydrogen) atoms. The fraction of sp³-hybridized carbons (Fsp3) is 0.565. The number of piperazine rings is 1. The zero-order valence-corrected chi connectivity index (χ0v) is 20.2. The Morgan fingerprint density at radius 3 is 2.51 bits per heavy atom. The second-order valence-electron chi connectivity index (χ2n) is 9.38. The number of aromatic amines is 1. The molecule has 3 aromatic heterocycles. The number of ether oxygens (including phenoxy) is 1. The Bertz CT molecular complexity index is 1310. The highest BCUT2D eigenvalue weighted by atomic mass is 19.4. The molecule has 2 aliphatic rings. The molecule has 1 saturated heterocycles. The molecule has 3 aromatic rings. The summed E-state index contributed by atoms with van der Waals surface area (Å²) in [5, 5.41) is 8.66.